The number of guanidine groups is 1. The Morgan fingerprint density at radius 3 is 2.55 bits per heavy atom. The number of nitrogens with one attached hydrogen (secondary N) is 3. The molecule has 0 bridgehead atoms. The van der Waals surface area contributed by atoms with E-state index in [4.69, 9.17) is 9.15 Å². The van der Waals surface area contributed by atoms with Crippen LogP contribution in [0.4, 0.5) is 0 Å². The number of halogens is 1. The number of nitrogens with zero attached hydrogens (tertiary/aromatic N) is 1. The Morgan fingerprint density at radius 2 is 1.93 bits per heavy atom. The van der Waals surface area contributed by atoms with Crippen LogP contribution in [-0.2, 0) is 4.74 Å². The first-order chi connectivity index (χ1) is 13.7. The van der Waals surface area contributed by atoms with E-state index in [9.17, 15) is 4.79 Å². The monoisotopic (exact) mass is 520 g/mol. The SMILES string of the molecule is CCOC(CCNC(=NC)NCCCNC(=O)c1occc1C)C1CCCC1.I. The van der Waals surface area contributed by atoms with Crippen LogP contribution in [0, 0.1) is 12.8 Å². The third kappa shape index (κ3) is 8.94. The van der Waals surface area contributed by atoms with Crippen molar-refractivity contribution in [3.05, 3.63) is 23.7 Å². The fraction of sp³-hybridized carbons (Fsp3) is 0.714. The molecule has 1 fully saturated rings. The smallest absolute Gasteiger partial charge is 0.287 e. The number of aryl methyl sites for hydroxylation is 1. The first kappa shape index (κ1) is 25.7. The highest BCUT2D eigenvalue weighted by molar-refractivity contribution is 14.0. The zero-order valence-electron chi connectivity index (χ0n) is 18.0. The molecule has 1 aliphatic carbocycles. The second-order valence-electron chi connectivity index (χ2n) is 7.29. The molecular formula is C21H37IN4O3. The van der Waals surface area contributed by atoms with Crippen LogP contribution in [0.5, 0.6) is 0 Å². The van der Waals surface area contributed by atoms with Gasteiger partial charge in [-0.3, -0.25) is 9.79 Å². The van der Waals surface area contributed by atoms with Crippen molar-refractivity contribution in [2.24, 2.45) is 10.9 Å². The van der Waals surface area contributed by atoms with Crippen LogP contribution in [0.3, 0.4) is 0 Å². The molecule has 29 heavy (non-hydrogen) atoms. The van der Waals surface area contributed by atoms with Gasteiger partial charge in [-0.05, 0) is 51.5 Å². The molecule has 1 aromatic heterocycles. The molecule has 1 aromatic rings. The van der Waals surface area contributed by atoms with Crippen molar-refractivity contribution in [1.82, 2.24) is 16.0 Å². The lowest BCUT2D eigenvalue weighted by atomic mass is 9.98. The van der Waals surface area contributed by atoms with Gasteiger partial charge in [-0.15, -0.1) is 24.0 Å². The molecule has 1 aliphatic rings. The number of amides is 1. The van der Waals surface area contributed by atoms with E-state index in [0.29, 0.717) is 24.3 Å². The Kier molecular flexibility index (Phi) is 13.0. The number of carbonyl (C=O) groups is 1. The van der Waals surface area contributed by atoms with Gasteiger partial charge < -0.3 is 25.1 Å². The van der Waals surface area contributed by atoms with Gasteiger partial charge in [0.15, 0.2) is 11.7 Å². The van der Waals surface area contributed by atoms with E-state index in [-0.39, 0.29) is 29.9 Å². The van der Waals surface area contributed by atoms with Crippen LogP contribution >= 0.6 is 24.0 Å². The summed E-state index contributed by atoms with van der Waals surface area (Å²) in [7, 11) is 1.77. The molecule has 0 aromatic carbocycles. The molecule has 8 heteroatoms. The quantitative estimate of drug-likeness (QED) is 0.180. The van der Waals surface area contributed by atoms with Gasteiger partial charge in [0.2, 0.25) is 0 Å². The summed E-state index contributed by atoms with van der Waals surface area (Å²) in [6, 6.07) is 1.79. The summed E-state index contributed by atoms with van der Waals surface area (Å²) in [6.07, 6.45) is 8.93. The van der Waals surface area contributed by atoms with Crippen LogP contribution in [0.15, 0.2) is 21.7 Å². The van der Waals surface area contributed by atoms with Crippen LogP contribution in [-0.4, -0.2) is 51.3 Å². The van der Waals surface area contributed by atoms with Crippen LogP contribution in [0.1, 0.15) is 61.6 Å². The van der Waals surface area contributed by atoms with Gasteiger partial charge in [0.1, 0.15) is 0 Å². The van der Waals surface area contributed by atoms with E-state index in [1.54, 1.807) is 13.1 Å². The molecule has 1 unspecified atom stereocenters. The molecule has 166 valence electrons. The number of hydrogen-bond donors (Lipinski definition) is 3. The molecule has 0 spiro atoms. The summed E-state index contributed by atoms with van der Waals surface area (Å²) in [5, 5.41) is 9.53. The summed E-state index contributed by atoms with van der Waals surface area (Å²) in [5.41, 5.74) is 0.850. The maximum absolute atomic E-state index is 12.0. The van der Waals surface area contributed by atoms with Gasteiger partial charge in [-0.2, -0.15) is 0 Å². The lowest BCUT2D eigenvalue weighted by Gasteiger charge is -2.24. The minimum absolute atomic E-state index is 0. The highest BCUT2D eigenvalue weighted by Crippen LogP contribution is 2.30. The summed E-state index contributed by atoms with van der Waals surface area (Å²) in [5.74, 6) is 1.71. The van der Waals surface area contributed by atoms with Gasteiger partial charge in [-0.25, -0.2) is 0 Å². The second kappa shape index (κ2) is 14.7. The van der Waals surface area contributed by atoms with Crippen molar-refractivity contribution in [2.75, 3.05) is 33.3 Å². The fourth-order valence-corrected chi connectivity index (χ4v) is 3.73. The number of carbonyl (C=O) groups excluding carboxylic acids is 1. The Bertz CT molecular complexity index is 615. The molecule has 1 atom stereocenters. The average Bonchev–Trinajstić information content (AvgIpc) is 3.37. The predicted octanol–water partition coefficient (Wildman–Crippen LogP) is 3.48. The van der Waals surface area contributed by atoms with Gasteiger partial charge in [0, 0.05) is 38.9 Å². The molecule has 0 radical (unpaired) electrons. The highest BCUT2D eigenvalue weighted by atomic mass is 127. The number of hydrogen-bond acceptors (Lipinski definition) is 4. The van der Waals surface area contributed by atoms with E-state index >= 15 is 0 Å². The van der Waals surface area contributed by atoms with E-state index in [2.05, 4.69) is 27.9 Å². The molecular weight excluding hydrogens is 483 g/mol. The van der Waals surface area contributed by atoms with Gasteiger partial charge in [-0.1, -0.05) is 12.8 Å². The van der Waals surface area contributed by atoms with Gasteiger partial charge in [0.05, 0.1) is 12.4 Å². The Hall–Kier alpha value is -1.29. The third-order valence-electron chi connectivity index (χ3n) is 5.25. The first-order valence-corrected chi connectivity index (χ1v) is 10.5. The van der Waals surface area contributed by atoms with E-state index in [1.807, 2.05) is 6.92 Å². The molecule has 0 aliphatic heterocycles. The molecule has 0 saturated heterocycles. The normalized spacial score (nSPS) is 15.6. The minimum atomic E-state index is -0.168. The zero-order valence-corrected chi connectivity index (χ0v) is 20.3. The van der Waals surface area contributed by atoms with E-state index in [1.165, 1.54) is 31.9 Å². The summed E-state index contributed by atoms with van der Waals surface area (Å²) >= 11 is 0. The maximum atomic E-state index is 12.0. The van der Waals surface area contributed by atoms with E-state index in [0.717, 1.165) is 44.1 Å². The van der Waals surface area contributed by atoms with Crippen molar-refractivity contribution in [3.8, 4) is 0 Å². The lowest BCUT2D eigenvalue weighted by Crippen LogP contribution is -2.40. The first-order valence-electron chi connectivity index (χ1n) is 10.5. The molecule has 7 nitrogen and oxygen atoms in total. The topological polar surface area (TPSA) is 87.9 Å². The highest BCUT2D eigenvalue weighted by Gasteiger charge is 2.25. The molecule has 1 heterocycles. The standard InChI is InChI=1S/C21H36N4O3.HI/c1-4-27-18(17-8-5-6-9-17)10-14-25-21(22-3)24-13-7-12-23-20(26)19-16(2)11-15-28-19;/h11,15,17-18H,4-10,12-14H2,1-3H3,(H,23,26)(H2,22,24,25);1H. The lowest BCUT2D eigenvalue weighted by molar-refractivity contribution is 0.0169. The van der Waals surface area contributed by atoms with Crippen molar-refractivity contribution in [3.63, 3.8) is 0 Å². The van der Waals surface area contributed by atoms with Crippen LogP contribution in [0.2, 0.25) is 0 Å². The number of ether oxygens (including phenoxy) is 1. The largest absolute Gasteiger partial charge is 0.459 e. The molecule has 1 saturated carbocycles. The Balaban J connectivity index is 0.00000420. The molecule has 3 N–H and O–H groups in total. The van der Waals surface area contributed by atoms with Gasteiger partial charge in [0.25, 0.3) is 5.91 Å². The molecule has 1 amide bonds. The summed E-state index contributed by atoms with van der Waals surface area (Å²) in [4.78, 5) is 16.2. The number of rotatable bonds is 11. The number of aliphatic imine (C=N–C) groups is 1. The van der Waals surface area contributed by atoms with Crippen molar-refractivity contribution < 1.29 is 13.9 Å². The maximum Gasteiger partial charge on any atom is 0.287 e. The zero-order chi connectivity index (χ0) is 20.2. The Morgan fingerprint density at radius 1 is 1.24 bits per heavy atom. The second-order valence-corrected chi connectivity index (χ2v) is 7.29. The number of furan rings is 1. The van der Waals surface area contributed by atoms with E-state index < -0.39 is 0 Å². The predicted molar refractivity (Wildman–Crippen MR) is 127 cm³/mol. The van der Waals surface area contributed by atoms with Gasteiger partial charge >= 0.3 is 0 Å². The van der Waals surface area contributed by atoms with Crippen molar-refractivity contribution in [1.29, 1.82) is 0 Å². The molecule has 2 rings (SSSR count). The van der Waals surface area contributed by atoms with Crippen molar-refractivity contribution in [2.45, 2.75) is 58.5 Å². The van der Waals surface area contributed by atoms with Crippen LogP contribution in [0.25, 0.3) is 0 Å². The fourth-order valence-electron chi connectivity index (χ4n) is 3.73. The van der Waals surface area contributed by atoms with Crippen molar-refractivity contribution >= 4 is 35.8 Å². The average molecular weight is 520 g/mol. The Labute approximate surface area is 191 Å². The summed E-state index contributed by atoms with van der Waals surface area (Å²) < 4.78 is 11.2. The summed E-state index contributed by atoms with van der Waals surface area (Å²) in [6.45, 7) is 6.86. The third-order valence-corrected chi connectivity index (χ3v) is 5.25. The van der Waals surface area contributed by atoms with Crippen LogP contribution < -0.4 is 16.0 Å². The minimum Gasteiger partial charge on any atom is -0.459 e.